The monoisotopic (exact) mass is 623 g/mol. The quantitative estimate of drug-likeness (QED) is 0.201. The van der Waals surface area contributed by atoms with Crippen molar-refractivity contribution in [3.05, 3.63) is 132 Å². The van der Waals surface area contributed by atoms with E-state index in [9.17, 15) is 18.0 Å². The summed E-state index contributed by atoms with van der Waals surface area (Å²) in [6.07, 6.45) is 5.39. The summed E-state index contributed by atoms with van der Waals surface area (Å²) in [5.41, 5.74) is 3.02. The molecule has 0 spiro atoms. The van der Waals surface area contributed by atoms with Gasteiger partial charge in [0.15, 0.2) is 0 Å². The molecular formula is C37H41N3O4S. The molecule has 5 rings (SSSR count). The number of carbonyl (C=O) groups excluding carboxylic acids is 2. The molecule has 45 heavy (non-hydrogen) atoms. The summed E-state index contributed by atoms with van der Waals surface area (Å²) in [7, 11) is -4.11. The average molecular weight is 624 g/mol. The second-order valence-electron chi connectivity index (χ2n) is 11.7. The van der Waals surface area contributed by atoms with Crippen molar-refractivity contribution >= 4 is 27.5 Å². The molecule has 0 saturated heterocycles. The average Bonchev–Trinajstić information content (AvgIpc) is 3.07. The smallest absolute Gasteiger partial charge is 0.264 e. The van der Waals surface area contributed by atoms with Crippen LogP contribution < -0.4 is 9.62 Å². The first kappa shape index (κ1) is 32.0. The van der Waals surface area contributed by atoms with Gasteiger partial charge in [-0.15, -0.1) is 0 Å². The number of hydrogen-bond acceptors (Lipinski definition) is 4. The third-order valence-electron chi connectivity index (χ3n) is 8.32. The van der Waals surface area contributed by atoms with Crippen molar-refractivity contribution in [2.75, 3.05) is 10.8 Å². The lowest BCUT2D eigenvalue weighted by molar-refractivity contribution is -0.140. The van der Waals surface area contributed by atoms with Crippen LogP contribution in [0.25, 0.3) is 0 Å². The zero-order chi connectivity index (χ0) is 31.6. The Balaban J connectivity index is 1.54. The maximum atomic E-state index is 14.6. The van der Waals surface area contributed by atoms with Gasteiger partial charge < -0.3 is 10.2 Å². The fraction of sp³-hybridized carbons (Fsp3) is 0.297. The SMILES string of the molecule is Cc1cccc(N(CC(=O)N(Cc2ccccc2)C(Cc2ccccc2)C(=O)NC2CCCCC2)S(=O)(=O)c2ccccc2)c1. The molecular weight excluding hydrogens is 582 g/mol. The van der Waals surface area contributed by atoms with E-state index in [2.05, 4.69) is 5.32 Å². The highest BCUT2D eigenvalue weighted by atomic mass is 32.2. The fourth-order valence-electron chi connectivity index (χ4n) is 5.91. The first-order valence-electron chi connectivity index (χ1n) is 15.6. The van der Waals surface area contributed by atoms with Gasteiger partial charge in [0, 0.05) is 19.0 Å². The number of aryl methyl sites for hydroxylation is 1. The van der Waals surface area contributed by atoms with Crippen LogP contribution in [0, 0.1) is 6.92 Å². The number of rotatable bonds is 12. The van der Waals surface area contributed by atoms with Gasteiger partial charge in [0.2, 0.25) is 11.8 Å². The normalized spacial score (nSPS) is 14.3. The zero-order valence-corrected chi connectivity index (χ0v) is 26.5. The standard InChI is InChI=1S/C37H41N3O4S/c1-29-15-14-22-33(25-29)40(45(43,44)34-23-12-5-13-24-34)28-36(41)39(27-31-18-8-3-9-19-31)35(26-30-16-6-2-7-17-30)37(42)38-32-20-10-4-11-21-32/h2-3,5-9,12-19,22-25,32,35H,4,10-11,20-21,26-28H2,1H3,(H,38,42). The second-order valence-corrected chi connectivity index (χ2v) is 13.6. The molecule has 1 atom stereocenters. The highest BCUT2D eigenvalue weighted by Gasteiger charge is 2.35. The van der Waals surface area contributed by atoms with Crippen molar-refractivity contribution in [2.45, 2.75) is 69.0 Å². The van der Waals surface area contributed by atoms with E-state index in [4.69, 9.17) is 0 Å². The minimum Gasteiger partial charge on any atom is -0.352 e. The lowest BCUT2D eigenvalue weighted by Crippen LogP contribution is -2.55. The van der Waals surface area contributed by atoms with Crippen LogP contribution in [-0.4, -0.2) is 43.8 Å². The molecule has 1 fully saturated rings. The molecule has 1 aliphatic carbocycles. The van der Waals surface area contributed by atoms with Crippen molar-refractivity contribution in [1.29, 1.82) is 0 Å². The zero-order valence-electron chi connectivity index (χ0n) is 25.7. The molecule has 1 aliphatic rings. The van der Waals surface area contributed by atoms with E-state index >= 15 is 0 Å². The highest BCUT2D eigenvalue weighted by Crippen LogP contribution is 2.26. The summed E-state index contributed by atoms with van der Waals surface area (Å²) in [4.78, 5) is 30.3. The van der Waals surface area contributed by atoms with Crippen molar-refractivity contribution in [2.24, 2.45) is 0 Å². The van der Waals surface area contributed by atoms with Crippen LogP contribution in [0.5, 0.6) is 0 Å². The maximum Gasteiger partial charge on any atom is 0.264 e. The summed E-state index contributed by atoms with van der Waals surface area (Å²) < 4.78 is 29.3. The lowest BCUT2D eigenvalue weighted by Gasteiger charge is -2.35. The minimum absolute atomic E-state index is 0.0560. The summed E-state index contributed by atoms with van der Waals surface area (Å²) >= 11 is 0. The van der Waals surface area contributed by atoms with Crippen LogP contribution in [0.1, 0.15) is 48.8 Å². The Kier molecular flexibility index (Phi) is 10.7. The van der Waals surface area contributed by atoms with Gasteiger partial charge in [0.1, 0.15) is 12.6 Å². The number of benzene rings is 4. The van der Waals surface area contributed by atoms with E-state index in [0.717, 1.165) is 53.1 Å². The molecule has 0 heterocycles. The number of anilines is 1. The van der Waals surface area contributed by atoms with E-state index < -0.39 is 28.5 Å². The van der Waals surface area contributed by atoms with E-state index in [1.165, 1.54) is 12.1 Å². The number of sulfonamides is 1. The van der Waals surface area contributed by atoms with E-state index in [1.807, 2.05) is 73.7 Å². The van der Waals surface area contributed by atoms with Gasteiger partial charge >= 0.3 is 0 Å². The first-order valence-corrected chi connectivity index (χ1v) is 17.1. The van der Waals surface area contributed by atoms with Crippen molar-refractivity contribution in [3.8, 4) is 0 Å². The van der Waals surface area contributed by atoms with Gasteiger partial charge in [0.25, 0.3) is 10.0 Å². The molecule has 4 aromatic rings. The minimum atomic E-state index is -4.11. The van der Waals surface area contributed by atoms with Crippen molar-refractivity contribution in [3.63, 3.8) is 0 Å². The van der Waals surface area contributed by atoms with Crippen molar-refractivity contribution in [1.82, 2.24) is 10.2 Å². The molecule has 0 radical (unpaired) electrons. The van der Waals surface area contributed by atoms with Gasteiger partial charge in [-0.1, -0.05) is 110 Å². The van der Waals surface area contributed by atoms with Gasteiger partial charge in [-0.3, -0.25) is 13.9 Å². The summed E-state index contributed by atoms with van der Waals surface area (Å²) in [5.74, 6) is -0.678. The molecule has 0 aromatic heterocycles. The molecule has 0 aliphatic heterocycles. The van der Waals surface area contributed by atoms with Crippen LogP contribution in [-0.2, 0) is 32.6 Å². The van der Waals surface area contributed by atoms with E-state index in [-0.39, 0.29) is 23.4 Å². The summed E-state index contributed by atoms with van der Waals surface area (Å²) in [6.45, 7) is 1.57. The summed E-state index contributed by atoms with van der Waals surface area (Å²) in [6, 6.07) is 33.6. The van der Waals surface area contributed by atoms with Gasteiger partial charge in [-0.05, 0) is 60.7 Å². The molecule has 8 heteroatoms. The molecule has 1 saturated carbocycles. The molecule has 7 nitrogen and oxygen atoms in total. The highest BCUT2D eigenvalue weighted by molar-refractivity contribution is 7.92. The largest absolute Gasteiger partial charge is 0.352 e. The Bertz CT molecular complexity index is 1660. The van der Waals surface area contributed by atoms with Gasteiger partial charge in [-0.25, -0.2) is 8.42 Å². The van der Waals surface area contributed by atoms with E-state index in [1.54, 1.807) is 41.3 Å². The number of carbonyl (C=O) groups is 2. The van der Waals surface area contributed by atoms with Crippen LogP contribution in [0.2, 0.25) is 0 Å². The lowest BCUT2D eigenvalue weighted by atomic mass is 9.94. The topological polar surface area (TPSA) is 86.8 Å². The maximum absolute atomic E-state index is 14.6. The van der Waals surface area contributed by atoms with E-state index in [0.29, 0.717) is 12.1 Å². The van der Waals surface area contributed by atoms with Crippen LogP contribution in [0.15, 0.2) is 120 Å². The molecule has 4 aromatic carbocycles. The van der Waals surface area contributed by atoms with Crippen LogP contribution >= 0.6 is 0 Å². The van der Waals surface area contributed by atoms with Gasteiger partial charge in [-0.2, -0.15) is 0 Å². The predicted octanol–water partition coefficient (Wildman–Crippen LogP) is 6.28. The number of nitrogens with one attached hydrogen (secondary N) is 1. The van der Waals surface area contributed by atoms with Crippen LogP contribution in [0.4, 0.5) is 5.69 Å². The third-order valence-corrected chi connectivity index (χ3v) is 10.1. The second kappa shape index (κ2) is 15.0. The molecule has 1 N–H and O–H groups in total. The molecule has 2 amide bonds. The number of nitrogens with zero attached hydrogens (tertiary/aromatic N) is 2. The summed E-state index contributed by atoms with van der Waals surface area (Å²) in [5, 5.41) is 3.24. The Labute approximate surface area is 266 Å². The van der Waals surface area contributed by atoms with Crippen molar-refractivity contribution < 1.29 is 18.0 Å². The number of amides is 2. The Morgan fingerprint density at radius 1 is 0.778 bits per heavy atom. The Morgan fingerprint density at radius 3 is 2.00 bits per heavy atom. The molecule has 234 valence electrons. The fourth-order valence-corrected chi connectivity index (χ4v) is 7.34. The Hall–Kier alpha value is -4.43. The third kappa shape index (κ3) is 8.39. The Morgan fingerprint density at radius 2 is 1.38 bits per heavy atom. The molecule has 0 bridgehead atoms. The number of hydrogen-bond donors (Lipinski definition) is 1. The predicted molar refractivity (Wildman–Crippen MR) is 178 cm³/mol. The molecule has 1 unspecified atom stereocenters. The van der Waals surface area contributed by atoms with Gasteiger partial charge in [0.05, 0.1) is 10.6 Å². The first-order chi connectivity index (χ1) is 21.8. The van der Waals surface area contributed by atoms with Crippen LogP contribution in [0.3, 0.4) is 0 Å².